The van der Waals surface area contributed by atoms with E-state index in [4.69, 9.17) is 4.74 Å². The molecule has 1 aromatic carbocycles. The maximum absolute atomic E-state index is 13.4. The molecule has 0 bridgehead atoms. The van der Waals surface area contributed by atoms with Gasteiger partial charge in [-0.25, -0.2) is 4.79 Å². The number of carbonyl (C=O) groups is 5. The number of fused-ring (bicyclic) bond motifs is 3. The quantitative estimate of drug-likeness (QED) is 0.341. The molecule has 1 fully saturated rings. The molecule has 3 amide bonds. The summed E-state index contributed by atoms with van der Waals surface area (Å²) >= 11 is 3.18. The fourth-order valence-corrected chi connectivity index (χ4v) is 6.29. The lowest BCUT2D eigenvalue weighted by molar-refractivity contribution is -0.137. The number of nitrogens with zero attached hydrogens (tertiary/aromatic N) is 1. The Balaban J connectivity index is 1.68. The molecule has 3 aliphatic carbocycles. The molecule has 1 heterocycles. The molecule has 5 rings (SSSR count). The van der Waals surface area contributed by atoms with Crippen molar-refractivity contribution < 1.29 is 38.6 Å². The van der Waals surface area contributed by atoms with Gasteiger partial charge in [0.25, 0.3) is 0 Å². The Bertz CT molecular complexity index is 1310. The lowest BCUT2D eigenvalue weighted by Crippen LogP contribution is -2.40. The van der Waals surface area contributed by atoms with Gasteiger partial charge in [0, 0.05) is 28.7 Å². The van der Waals surface area contributed by atoms with Crippen LogP contribution in [0.4, 0.5) is 4.79 Å². The fourth-order valence-electron chi connectivity index (χ4n) is 5.84. The van der Waals surface area contributed by atoms with Gasteiger partial charge in [-0.3, -0.25) is 19.2 Å². The topological polar surface area (TPSA) is 127 Å². The highest BCUT2D eigenvalue weighted by atomic mass is 79.9. The van der Waals surface area contributed by atoms with Crippen LogP contribution in [0.5, 0.6) is 5.75 Å². The average molecular weight is 556 g/mol. The predicted octanol–water partition coefficient (Wildman–Crippen LogP) is 2.59. The SMILES string of the molecule is COC(=O)N1C(=O)C2CC=C3C(c4ccccc4OCCO)C4=C(CC3C2C1=O)C(=O)C(Br)=CC4=O. The van der Waals surface area contributed by atoms with Gasteiger partial charge in [0.05, 0.1) is 30.0 Å². The van der Waals surface area contributed by atoms with Crippen LogP contribution in [0.3, 0.4) is 0 Å². The van der Waals surface area contributed by atoms with E-state index < -0.39 is 41.6 Å². The van der Waals surface area contributed by atoms with E-state index in [0.717, 1.165) is 12.7 Å². The molecule has 4 aliphatic rings. The van der Waals surface area contributed by atoms with Crippen LogP contribution >= 0.6 is 15.9 Å². The molecule has 1 aliphatic heterocycles. The van der Waals surface area contributed by atoms with Crippen LogP contribution in [-0.2, 0) is 23.9 Å². The number of methoxy groups -OCH3 is 1. The summed E-state index contributed by atoms with van der Waals surface area (Å²) in [5.41, 5.74) is 1.93. The van der Waals surface area contributed by atoms with E-state index in [0.29, 0.717) is 21.8 Å². The first-order chi connectivity index (χ1) is 17.3. The van der Waals surface area contributed by atoms with Crippen molar-refractivity contribution in [3.05, 3.63) is 63.2 Å². The number of imide groups is 3. The lowest BCUT2D eigenvalue weighted by Gasteiger charge is -2.42. The van der Waals surface area contributed by atoms with Crippen LogP contribution in [-0.4, -0.2) is 59.8 Å². The number of para-hydroxylation sites is 1. The molecular formula is C26H22BrNO8. The Morgan fingerprint density at radius 3 is 2.61 bits per heavy atom. The maximum Gasteiger partial charge on any atom is 0.423 e. The highest BCUT2D eigenvalue weighted by molar-refractivity contribution is 9.12. The van der Waals surface area contributed by atoms with E-state index in [1.165, 1.54) is 6.08 Å². The molecular weight excluding hydrogens is 534 g/mol. The summed E-state index contributed by atoms with van der Waals surface area (Å²) < 4.78 is 10.5. The summed E-state index contributed by atoms with van der Waals surface area (Å²) in [6, 6.07) is 7.03. The smallest absolute Gasteiger partial charge is 0.423 e. The fraction of sp³-hybridized carbons (Fsp3) is 0.346. The minimum absolute atomic E-state index is 0.0300. The molecule has 0 radical (unpaired) electrons. The number of benzene rings is 1. The standard InChI is InChI=1S/C26H22BrNO8/c1-35-26(34)28-24(32)14-7-6-12-15(21(14)25(28)33)10-16-22(18(30)11-17(27)23(16)31)20(12)13-4-2-3-5-19(13)36-9-8-29/h2-6,11,14-15,20-21,29H,7-10H2,1H3. The number of aliphatic hydroxyl groups excluding tert-OH is 1. The van der Waals surface area contributed by atoms with Gasteiger partial charge in [-0.1, -0.05) is 29.8 Å². The molecule has 1 aromatic rings. The van der Waals surface area contributed by atoms with Crippen molar-refractivity contribution in [1.29, 1.82) is 0 Å². The summed E-state index contributed by atoms with van der Waals surface area (Å²) in [7, 11) is 1.10. The number of hydrogen-bond acceptors (Lipinski definition) is 8. The third-order valence-corrected chi connectivity index (χ3v) is 7.86. The molecule has 1 N–H and O–H groups in total. The summed E-state index contributed by atoms with van der Waals surface area (Å²) in [4.78, 5) is 65.6. The van der Waals surface area contributed by atoms with Gasteiger partial charge in [0.1, 0.15) is 12.4 Å². The number of carbonyl (C=O) groups excluding carboxylic acids is 5. The number of rotatable bonds is 4. The highest BCUT2D eigenvalue weighted by Crippen LogP contribution is 2.56. The van der Waals surface area contributed by atoms with Crippen LogP contribution in [0.15, 0.2) is 57.6 Å². The number of ether oxygens (including phenoxy) is 2. The third kappa shape index (κ3) is 3.58. The van der Waals surface area contributed by atoms with Crippen LogP contribution in [0, 0.1) is 17.8 Å². The zero-order valence-corrected chi connectivity index (χ0v) is 20.8. The molecule has 186 valence electrons. The van der Waals surface area contributed by atoms with E-state index in [-0.39, 0.29) is 47.7 Å². The number of allylic oxidation sites excluding steroid dienone is 6. The molecule has 9 nitrogen and oxygen atoms in total. The van der Waals surface area contributed by atoms with Crippen molar-refractivity contribution in [3.63, 3.8) is 0 Å². The first kappa shape index (κ1) is 24.3. The number of likely N-dealkylation sites (tertiary alicyclic amines) is 1. The van der Waals surface area contributed by atoms with E-state index in [2.05, 4.69) is 20.7 Å². The zero-order valence-electron chi connectivity index (χ0n) is 19.2. The third-order valence-electron chi connectivity index (χ3n) is 7.27. The van der Waals surface area contributed by atoms with E-state index in [1.54, 1.807) is 24.3 Å². The van der Waals surface area contributed by atoms with Crippen molar-refractivity contribution in [3.8, 4) is 5.75 Å². The van der Waals surface area contributed by atoms with Gasteiger partial charge in [-0.15, -0.1) is 0 Å². The minimum Gasteiger partial charge on any atom is -0.491 e. The predicted molar refractivity (Wildman–Crippen MR) is 128 cm³/mol. The largest absolute Gasteiger partial charge is 0.491 e. The van der Waals surface area contributed by atoms with Crippen molar-refractivity contribution in [2.45, 2.75) is 18.8 Å². The summed E-state index contributed by atoms with van der Waals surface area (Å²) in [6.07, 6.45) is 2.35. The van der Waals surface area contributed by atoms with Crippen molar-refractivity contribution in [1.82, 2.24) is 4.90 Å². The Morgan fingerprint density at radius 2 is 1.89 bits per heavy atom. The summed E-state index contributed by atoms with van der Waals surface area (Å²) in [5.74, 6) is -4.44. The lowest BCUT2D eigenvalue weighted by atomic mass is 9.59. The number of ketones is 2. The maximum atomic E-state index is 13.4. The molecule has 0 saturated carbocycles. The summed E-state index contributed by atoms with van der Waals surface area (Å²) in [6.45, 7) is -0.183. The first-order valence-electron chi connectivity index (χ1n) is 11.5. The van der Waals surface area contributed by atoms with Gasteiger partial charge in [0.2, 0.25) is 11.8 Å². The molecule has 36 heavy (non-hydrogen) atoms. The zero-order chi connectivity index (χ0) is 25.7. The Morgan fingerprint density at radius 1 is 1.14 bits per heavy atom. The molecule has 0 spiro atoms. The Hall–Kier alpha value is -3.37. The molecule has 4 atom stereocenters. The number of amides is 3. The number of aliphatic hydroxyl groups is 1. The summed E-state index contributed by atoms with van der Waals surface area (Å²) in [5, 5.41) is 9.29. The van der Waals surface area contributed by atoms with E-state index >= 15 is 0 Å². The van der Waals surface area contributed by atoms with Crippen molar-refractivity contribution in [2.75, 3.05) is 20.3 Å². The first-order valence-corrected chi connectivity index (χ1v) is 12.3. The van der Waals surface area contributed by atoms with Crippen LogP contribution in [0.25, 0.3) is 0 Å². The second kappa shape index (κ2) is 9.25. The van der Waals surface area contributed by atoms with Gasteiger partial charge in [0.15, 0.2) is 11.6 Å². The second-order valence-corrected chi connectivity index (χ2v) is 9.84. The average Bonchev–Trinajstić information content (AvgIpc) is 3.14. The van der Waals surface area contributed by atoms with Crippen molar-refractivity contribution >= 4 is 45.4 Å². The van der Waals surface area contributed by atoms with Crippen LogP contribution < -0.4 is 4.74 Å². The van der Waals surface area contributed by atoms with Crippen LogP contribution in [0.2, 0.25) is 0 Å². The molecule has 4 unspecified atom stereocenters. The van der Waals surface area contributed by atoms with E-state index in [1.807, 2.05) is 6.08 Å². The highest BCUT2D eigenvalue weighted by Gasteiger charge is 2.58. The Kier molecular flexibility index (Phi) is 6.25. The van der Waals surface area contributed by atoms with Gasteiger partial charge < -0.3 is 14.6 Å². The molecule has 10 heteroatoms. The van der Waals surface area contributed by atoms with Gasteiger partial charge >= 0.3 is 6.09 Å². The van der Waals surface area contributed by atoms with Gasteiger partial charge in [-0.2, -0.15) is 4.90 Å². The second-order valence-electron chi connectivity index (χ2n) is 8.99. The van der Waals surface area contributed by atoms with E-state index in [9.17, 15) is 29.1 Å². The Labute approximate surface area is 214 Å². The number of hydrogen-bond donors (Lipinski definition) is 1. The number of halogens is 1. The normalized spacial score (nSPS) is 27.2. The molecule has 0 aromatic heterocycles. The number of Topliss-reactive ketones (excluding diaryl/α,β-unsaturated/α-hetero) is 1. The monoisotopic (exact) mass is 555 g/mol. The van der Waals surface area contributed by atoms with Gasteiger partial charge in [-0.05, 0) is 40.8 Å². The molecule has 1 saturated heterocycles. The van der Waals surface area contributed by atoms with Crippen molar-refractivity contribution in [2.24, 2.45) is 17.8 Å². The minimum atomic E-state index is -1.04. The van der Waals surface area contributed by atoms with Crippen LogP contribution in [0.1, 0.15) is 24.3 Å².